The molecule has 7 nitrogen and oxygen atoms in total. The van der Waals surface area contributed by atoms with Gasteiger partial charge in [-0.2, -0.15) is 4.31 Å². The van der Waals surface area contributed by atoms with Crippen LogP contribution in [0.5, 0.6) is 5.75 Å². The van der Waals surface area contributed by atoms with Crippen LogP contribution in [-0.4, -0.2) is 31.5 Å². The molecule has 0 atom stereocenters. The first kappa shape index (κ1) is 24.1. The lowest BCUT2D eigenvalue weighted by Crippen LogP contribution is -2.36. The highest BCUT2D eigenvalue weighted by molar-refractivity contribution is 7.92. The highest BCUT2D eigenvalue weighted by Crippen LogP contribution is 2.24. The molecule has 0 aliphatic carbocycles. The molecule has 1 amide bonds. The lowest BCUT2D eigenvalue weighted by Gasteiger charge is -2.19. The predicted molar refractivity (Wildman–Crippen MR) is 115 cm³/mol. The van der Waals surface area contributed by atoms with E-state index >= 15 is 0 Å². The Morgan fingerprint density at radius 2 is 1.73 bits per heavy atom. The van der Waals surface area contributed by atoms with E-state index in [0.29, 0.717) is 11.3 Å². The predicted octanol–water partition coefficient (Wildman–Crippen LogP) is 4.62. The number of amides is 1. The number of rotatable bonds is 9. The summed E-state index contributed by atoms with van der Waals surface area (Å²) in [5.74, 6) is -0.815. The number of nitrogens with zero attached hydrogens (tertiary/aromatic N) is 1. The summed E-state index contributed by atoms with van der Waals surface area (Å²) in [4.78, 5) is 12.5. The Morgan fingerprint density at radius 3 is 2.33 bits per heavy atom. The highest BCUT2D eigenvalue weighted by atomic mass is 32.2. The number of hydrogen-bond acceptors (Lipinski definition) is 5. The third-order valence-electron chi connectivity index (χ3n) is 4.20. The average molecular weight is 480 g/mol. The first-order chi connectivity index (χ1) is 15.6. The van der Waals surface area contributed by atoms with E-state index in [1.165, 1.54) is 24.5 Å². The number of sulfonamides is 1. The zero-order valence-electron chi connectivity index (χ0n) is 17.0. The van der Waals surface area contributed by atoms with Crippen molar-refractivity contribution in [3.63, 3.8) is 0 Å². The molecule has 2 aromatic carbocycles. The Hall–Kier alpha value is -3.57. The summed E-state index contributed by atoms with van der Waals surface area (Å²) in [6.45, 7) is -0.747. The topological polar surface area (TPSA) is 88.9 Å². The van der Waals surface area contributed by atoms with Crippen molar-refractivity contribution in [2.45, 2.75) is 12.9 Å². The first-order valence-electron chi connectivity index (χ1n) is 9.52. The molecule has 1 heterocycles. The molecular weight excluding hydrogens is 461 g/mol. The van der Waals surface area contributed by atoms with Gasteiger partial charge in [-0.3, -0.25) is 4.79 Å². The second-order valence-corrected chi connectivity index (χ2v) is 8.54. The molecule has 11 heteroatoms. The van der Waals surface area contributed by atoms with Gasteiger partial charge in [0.25, 0.3) is 0 Å². The number of halogens is 3. The van der Waals surface area contributed by atoms with Gasteiger partial charge in [-0.1, -0.05) is 30.3 Å². The van der Waals surface area contributed by atoms with Crippen molar-refractivity contribution in [3.05, 3.63) is 89.7 Å². The van der Waals surface area contributed by atoms with E-state index in [4.69, 9.17) is 4.42 Å². The zero-order valence-corrected chi connectivity index (χ0v) is 17.8. The Bertz CT molecular complexity index is 1180. The van der Waals surface area contributed by atoms with Crippen LogP contribution in [0.2, 0.25) is 0 Å². The fourth-order valence-electron chi connectivity index (χ4n) is 2.73. The summed E-state index contributed by atoms with van der Waals surface area (Å²) in [5.41, 5.74) is 0.828. The van der Waals surface area contributed by atoms with Crippen LogP contribution in [0.15, 0.2) is 82.8 Å². The van der Waals surface area contributed by atoms with Gasteiger partial charge in [0, 0.05) is 11.1 Å². The van der Waals surface area contributed by atoms with E-state index in [0.717, 1.165) is 21.8 Å². The van der Waals surface area contributed by atoms with Crippen LogP contribution >= 0.6 is 0 Å². The van der Waals surface area contributed by atoms with Gasteiger partial charge >= 0.3 is 6.36 Å². The highest BCUT2D eigenvalue weighted by Gasteiger charge is 2.31. The van der Waals surface area contributed by atoms with Gasteiger partial charge < -0.3 is 14.5 Å². The number of anilines is 1. The number of carbonyl (C=O) groups is 1. The van der Waals surface area contributed by atoms with E-state index in [1.54, 1.807) is 42.5 Å². The maximum atomic E-state index is 12.9. The van der Waals surface area contributed by atoms with Crippen LogP contribution in [0, 0.1) is 0 Å². The van der Waals surface area contributed by atoms with E-state index in [2.05, 4.69) is 10.1 Å². The minimum Gasteiger partial charge on any atom is -0.468 e. The molecule has 3 rings (SSSR count). The molecule has 0 aliphatic rings. The Morgan fingerprint density at radius 1 is 1.03 bits per heavy atom. The molecule has 33 heavy (non-hydrogen) atoms. The van der Waals surface area contributed by atoms with Gasteiger partial charge in [0.15, 0.2) is 0 Å². The number of carbonyl (C=O) groups excluding carboxylic acids is 1. The number of ether oxygens (including phenoxy) is 1. The molecule has 0 fully saturated rings. The molecule has 174 valence electrons. The van der Waals surface area contributed by atoms with Crippen LogP contribution in [0.3, 0.4) is 0 Å². The molecule has 3 aromatic rings. The minimum atomic E-state index is -4.83. The summed E-state index contributed by atoms with van der Waals surface area (Å²) < 4.78 is 72.5. The second-order valence-electron chi connectivity index (χ2n) is 6.73. The monoisotopic (exact) mass is 480 g/mol. The number of benzene rings is 2. The minimum absolute atomic E-state index is 0.171. The zero-order chi connectivity index (χ0) is 23.9. The van der Waals surface area contributed by atoms with Gasteiger partial charge in [-0.15, -0.1) is 13.2 Å². The van der Waals surface area contributed by atoms with Crippen molar-refractivity contribution < 1.29 is 35.5 Å². The number of nitrogens with one attached hydrogen (secondary N) is 1. The number of hydrogen-bond donors (Lipinski definition) is 1. The molecular formula is C22H19F3N2O5S. The van der Waals surface area contributed by atoms with Gasteiger partial charge in [-0.05, 0) is 48.0 Å². The number of alkyl halides is 3. The standard InChI is InChI=1S/C22H19F3N2O5S/c23-22(24,25)32-19-10-8-18(9-11-19)26-21(28)16-27(15-20-7-4-13-31-20)33(29,30)14-12-17-5-2-1-3-6-17/h1-14H,15-16H2,(H,26,28). The van der Waals surface area contributed by atoms with E-state index in [9.17, 15) is 26.4 Å². The summed E-state index contributed by atoms with van der Waals surface area (Å²) in [5, 5.41) is 3.44. The first-order valence-corrected chi connectivity index (χ1v) is 11.0. The summed E-state index contributed by atoms with van der Waals surface area (Å²) in [6.07, 6.45) is -2.05. The molecule has 0 unspecified atom stereocenters. The SMILES string of the molecule is O=C(CN(Cc1ccco1)S(=O)(=O)C=Cc1ccccc1)Nc1ccc(OC(F)(F)F)cc1. The molecule has 0 spiro atoms. The lowest BCUT2D eigenvalue weighted by atomic mass is 10.2. The van der Waals surface area contributed by atoms with E-state index in [1.807, 2.05) is 0 Å². The third kappa shape index (κ3) is 7.81. The van der Waals surface area contributed by atoms with Crippen molar-refractivity contribution in [1.29, 1.82) is 0 Å². The Labute approximate surface area is 188 Å². The van der Waals surface area contributed by atoms with Crippen LogP contribution in [0.25, 0.3) is 6.08 Å². The summed E-state index contributed by atoms with van der Waals surface area (Å²) in [6, 6.07) is 16.4. The smallest absolute Gasteiger partial charge is 0.468 e. The quantitative estimate of drug-likeness (QED) is 0.483. The fourth-order valence-corrected chi connectivity index (χ4v) is 3.83. The Kier molecular flexibility index (Phi) is 7.56. The van der Waals surface area contributed by atoms with Crippen molar-refractivity contribution in [1.82, 2.24) is 4.31 Å². The molecule has 1 N–H and O–H groups in total. The van der Waals surface area contributed by atoms with Crippen LogP contribution in [0.1, 0.15) is 11.3 Å². The van der Waals surface area contributed by atoms with Gasteiger partial charge in [0.2, 0.25) is 15.9 Å². The van der Waals surface area contributed by atoms with E-state index in [-0.39, 0.29) is 12.2 Å². The van der Waals surface area contributed by atoms with Crippen LogP contribution in [-0.2, 0) is 21.4 Å². The van der Waals surface area contributed by atoms with Crippen LogP contribution in [0.4, 0.5) is 18.9 Å². The average Bonchev–Trinajstić information content (AvgIpc) is 3.26. The lowest BCUT2D eigenvalue weighted by molar-refractivity contribution is -0.274. The maximum absolute atomic E-state index is 12.9. The molecule has 0 saturated carbocycles. The van der Waals surface area contributed by atoms with Gasteiger partial charge in [0.05, 0.1) is 19.4 Å². The summed E-state index contributed by atoms with van der Waals surface area (Å²) in [7, 11) is -4.02. The van der Waals surface area contributed by atoms with Crippen LogP contribution < -0.4 is 10.1 Å². The Balaban J connectivity index is 1.71. The molecule has 1 aromatic heterocycles. The van der Waals surface area contributed by atoms with Gasteiger partial charge in [0.1, 0.15) is 11.5 Å². The van der Waals surface area contributed by atoms with Gasteiger partial charge in [-0.25, -0.2) is 8.42 Å². The fraction of sp³-hybridized carbons (Fsp3) is 0.136. The normalized spacial score (nSPS) is 12.2. The molecule has 0 bridgehead atoms. The van der Waals surface area contributed by atoms with Crippen molar-refractivity contribution >= 4 is 27.7 Å². The molecule has 0 aliphatic heterocycles. The molecule has 0 saturated heterocycles. The second kappa shape index (κ2) is 10.4. The maximum Gasteiger partial charge on any atom is 0.573 e. The van der Waals surface area contributed by atoms with Crippen molar-refractivity contribution in [2.75, 3.05) is 11.9 Å². The largest absolute Gasteiger partial charge is 0.573 e. The van der Waals surface area contributed by atoms with Crippen molar-refractivity contribution in [3.8, 4) is 5.75 Å². The number of furan rings is 1. The molecule has 0 radical (unpaired) electrons. The third-order valence-corrected chi connectivity index (χ3v) is 5.65. The van der Waals surface area contributed by atoms with Crippen molar-refractivity contribution in [2.24, 2.45) is 0 Å². The summed E-state index contributed by atoms with van der Waals surface area (Å²) >= 11 is 0. The van der Waals surface area contributed by atoms with E-state index < -0.39 is 34.6 Å².